The third-order valence-corrected chi connectivity index (χ3v) is 5.56. The smallest absolute Gasteiger partial charge is 0.191 e. The molecule has 1 unspecified atom stereocenters. The number of nitrogens with zero attached hydrogens (tertiary/aromatic N) is 4. The van der Waals surface area contributed by atoms with Crippen molar-refractivity contribution >= 4 is 17.3 Å². The number of imidazole rings is 1. The Hall–Kier alpha value is -1.86. The highest BCUT2D eigenvalue weighted by molar-refractivity contribution is 7.10. The summed E-state index contributed by atoms with van der Waals surface area (Å²) >= 11 is 1.85. The molecule has 0 aromatic carbocycles. The second kappa shape index (κ2) is 9.58. The Labute approximate surface area is 154 Å². The highest BCUT2D eigenvalue weighted by Gasteiger charge is 2.24. The van der Waals surface area contributed by atoms with Gasteiger partial charge in [0, 0.05) is 44.0 Å². The van der Waals surface area contributed by atoms with Crippen LogP contribution in [0.15, 0.2) is 41.2 Å². The molecule has 2 aromatic rings. The van der Waals surface area contributed by atoms with E-state index in [1.54, 1.807) is 0 Å². The monoisotopic (exact) mass is 360 g/mol. The first-order valence-electron chi connectivity index (χ1n) is 9.04. The van der Waals surface area contributed by atoms with Crippen LogP contribution in [0.2, 0.25) is 0 Å². The van der Waals surface area contributed by atoms with E-state index < -0.39 is 0 Å². The van der Waals surface area contributed by atoms with Gasteiger partial charge in [-0.2, -0.15) is 0 Å². The number of thiophene rings is 1. The van der Waals surface area contributed by atoms with E-state index in [0.29, 0.717) is 6.04 Å². The highest BCUT2D eigenvalue weighted by Crippen LogP contribution is 2.27. The lowest BCUT2D eigenvalue weighted by Crippen LogP contribution is -2.42. The molecule has 0 spiro atoms. The molecule has 25 heavy (non-hydrogen) atoms. The molecular formula is C18H28N6S. The van der Waals surface area contributed by atoms with E-state index in [1.807, 2.05) is 37.1 Å². The molecule has 0 amide bonds. The van der Waals surface area contributed by atoms with E-state index in [2.05, 4.69) is 47.6 Å². The van der Waals surface area contributed by atoms with E-state index >= 15 is 0 Å². The molecule has 1 aliphatic rings. The lowest BCUT2D eigenvalue weighted by molar-refractivity contribution is 0.249. The van der Waals surface area contributed by atoms with Gasteiger partial charge in [0.15, 0.2) is 5.96 Å². The average Bonchev–Trinajstić information content (AvgIpc) is 3.40. The molecule has 1 aliphatic heterocycles. The Bertz CT molecular complexity index is 616. The molecule has 0 radical (unpaired) electrons. The van der Waals surface area contributed by atoms with Crippen molar-refractivity contribution in [3.63, 3.8) is 0 Å². The van der Waals surface area contributed by atoms with Gasteiger partial charge >= 0.3 is 0 Å². The van der Waals surface area contributed by atoms with E-state index in [1.165, 1.54) is 30.8 Å². The highest BCUT2D eigenvalue weighted by atomic mass is 32.1. The summed E-state index contributed by atoms with van der Waals surface area (Å²) in [5.74, 6) is 0.881. The van der Waals surface area contributed by atoms with Gasteiger partial charge in [0.05, 0.1) is 12.4 Å². The maximum Gasteiger partial charge on any atom is 0.191 e. The Balaban J connectivity index is 1.45. The average molecular weight is 361 g/mol. The zero-order valence-corrected chi connectivity index (χ0v) is 15.7. The maximum atomic E-state index is 4.36. The molecule has 7 heteroatoms. The molecule has 3 rings (SSSR count). The molecule has 1 saturated heterocycles. The van der Waals surface area contributed by atoms with Gasteiger partial charge in [-0.05, 0) is 43.8 Å². The van der Waals surface area contributed by atoms with Crippen LogP contribution in [0.4, 0.5) is 0 Å². The van der Waals surface area contributed by atoms with Crippen LogP contribution in [-0.2, 0) is 6.54 Å². The molecule has 1 fully saturated rings. The second-order valence-electron chi connectivity index (χ2n) is 6.31. The van der Waals surface area contributed by atoms with Gasteiger partial charge in [0.1, 0.15) is 0 Å². The topological polar surface area (TPSA) is 57.5 Å². The van der Waals surface area contributed by atoms with Crippen molar-refractivity contribution in [3.8, 4) is 0 Å². The van der Waals surface area contributed by atoms with Gasteiger partial charge in [0.2, 0.25) is 0 Å². The molecule has 2 N–H and O–H groups in total. The molecule has 1 atom stereocenters. The van der Waals surface area contributed by atoms with Gasteiger partial charge in [-0.15, -0.1) is 11.3 Å². The van der Waals surface area contributed by atoms with E-state index in [0.717, 1.165) is 32.0 Å². The predicted molar refractivity (Wildman–Crippen MR) is 104 cm³/mol. The van der Waals surface area contributed by atoms with Gasteiger partial charge < -0.3 is 15.2 Å². The number of rotatable bonds is 8. The largest absolute Gasteiger partial charge is 0.356 e. The summed E-state index contributed by atoms with van der Waals surface area (Å²) < 4.78 is 2.10. The fourth-order valence-electron chi connectivity index (χ4n) is 3.25. The van der Waals surface area contributed by atoms with Crippen LogP contribution in [0.5, 0.6) is 0 Å². The van der Waals surface area contributed by atoms with Crippen molar-refractivity contribution < 1.29 is 0 Å². The van der Waals surface area contributed by atoms with E-state index in [4.69, 9.17) is 0 Å². The first kappa shape index (κ1) is 17.9. The number of aliphatic imine (C=N–C) groups is 1. The maximum absolute atomic E-state index is 4.36. The number of aryl methyl sites for hydroxylation is 1. The van der Waals surface area contributed by atoms with Crippen LogP contribution >= 0.6 is 11.3 Å². The van der Waals surface area contributed by atoms with Crippen LogP contribution in [0.25, 0.3) is 0 Å². The Morgan fingerprint density at radius 1 is 1.36 bits per heavy atom. The number of likely N-dealkylation sites (tertiary alicyclic amines) is 1. The van der Waals surface area contributed by atoms with Crippen molar-refractivity contribution in [2.75, 3.05) is 33.2 Å². The van der Waals surface area contributed by atoms with Gasteiger partial charge in [-0.3, -0.25) is 9.89 Å². The Kier molecular flexibility index (Phi) is 6.88. The summed E-state index contributed by atoms with van der Waals surface area (Å²) in [6.07, 6.45) is 9.32. The minimum Gasteiger partial charge on any atom is -0.356 e. The van der Waals surface area contributed by atoms with Gasteiger partial charge in [-0.1, -0.05) is 6.07 Å². The van der Waals surface area contributed by atoms with Crippen molar-refractivity contribution in [2.45, 2.75) is 31.8 Å². The Morgan fingerprint density at radius 2 is 2.24 bits per heavy atom. The lowest BCUT2D eigenvalue weighted by Gasteiger charge is -2.27. The zero-order valence-electron chi connectivity index (χ0n) is 14.9. The predicted octanol–water partition coefficient (Wildman–Crippen LogP) is 2.34. The first-order chi connectivity index (χ1) is 12.4. The summed E-state index contributed by atoms with van der Waals surface area (Å²) in [7, 11) is 1.83. The van der Waals surface area contributed by atoms with Gasteiger partial charge in [0.25, 0.3) is 0 Å². The van der Waals surface area contributed by atoms with Crippen molar-refractivity contribution in [2.24, 2.45) is 4.99 Å². The summed E-state index contributed by atoms with van der Waals surface area (Å²) in [4.78, 5) is 12.5. The van der Waals surface area contributed by atoms with Crippen molar-refractivity contribution in [1.29, 1.82) is 0 Å². The minimum absolute atomic E-state index is 0.437. The van der Waals surface area contributed by atoms with Crippen molar-refractivity contribution in [3.05, 3.63) is 41.1 Å². The van der Waals surface area contributed by atoms with Crippen LogP contribution in [0, 0.1) is 0 Å². The number of nitrogens with one attached hydrogen (secondary N) is 2. The van der Waals surface area contributed by atoms with Gasteiger partial charge in [-0.25, -0.2) is 4.98 Å². The number of aromatic nitrogens is 2. The molecule has 3 heterocycles. The number of guanidine groups is 1. The second-order valence-corrected chi connectivity index (χ2v) is 7.29. The summed E-state index contributed by atoms with van der Waals surface area (Å²) in [5, 5.41) is 9.09. The minimum atomic E-state index is 0.437. The third kappa shape index (κ3) is 5.31. The molecule has 136 valence electrons. The summed E-state index contributed by atoms with van der Waals surface area (Å²) in [6, 6.07) is 4.83. The quantitative estimate of drug-likeness (QED) is 0.431. The summed E-state index contributed by atoms with van der Waals surface area (Å²) in [6.45, 7) is 5.14. The molecule has 0 bridgehead atoms. The zero-order chi connectivity index (χ0) is 17.3. The summed E-state index contributed by atoms with van der Waals surface area (Å²) in [5.41, 5.74) is 0. The molecule has 6 nitrogen and oxygen atoms in total. The number of hydrogen-bond donors (Lipinski definition) is 2. The van der Waals surface area contributed by atoms with E-state index in [-0.39, 0.29) is 0 Å². The van der Waals surface area contributed by atoms with Crippen LogP contribution < -0.4 is 10.6 Å². The number of hydrogen-bond acceptors (Lipinski definition) is 4. The van der Waals surface area contributed by atoms with Crippen LogP contribution in [-0.4, -0.2) is 53.6 Å². The standard InChI is InChI=1S/C18H28N6S/c1-19-18(21-7-5-9-23-12-8-20-15-23)22-14-16(17-6-4-13-25-17)24-10-2-3-11-24/h4,6,8,12-13,15-16H,2-3,5,7,9-11,14H2,1H3,(H2,19,21,22). The fraction of sp³-hybridized carbons (Fsp3) is 0.556. The normalized spacial score (nSPS) is 16.9. The first-order valence-corrected chi connectivity index (χ1v) is 9.92. The van der Waals surface area contributed by atoms with Crippen LogP contribution in [0.3, 0.4) is 0 Å². The molecule has 2 aromatic heterocycles. The Morgan fingerprint density at radius 3 is 2.92 bits per heavy atom. The molecular weight excluding hydrogens is 332 g/mol. The molecule has 0 aliphatic carbocycles. The fourth-order valence-corrected chi connectivity index (χ4v) is 4.11. The third-order valence-electron chi connectivity index (χ3n) is 4.58. The SMILES string of the molecule is CN=C(NCCCn1ccnc1)NCC(c1cccs1)N1CCCC1. The lowest BCUT2D eigenvalue weighted by atomic mass is 10.2. The molecule has 0 saturated carbocycles. The van der Waals surface area contributed by atoms with E-state index in [9.17, 15) is 0 Å². The van der Waals surface area contributed by atoms with Crippen molar-refractivity contribution in [1.82, 2.24) is 25.1 Å². The van der Waals surface area contributed by atoms with Crippen LogP contribution in [0.1, 0.15) is 30.2 Å².